The summed E-state index contributed by atoms with van der Waals surface area (Å²) in [5.74, 6) is 2.29. The van der Waals surface area contributed by atoms with Gasteiger partial charge in [-0.05, 0) is 56.9 Å². The summed E-state index contributed by atoms with van der Waals surface area (Å²) in [6.45, 7) is 1.96. The topological polar surface area (TPSA) is 103 Å². The molecule has 0 bridgehead atoms. The van der Waals surface area contributed by atoms with E-state index in [1.165, 1.54) is 0 Å². The molecule has 30 heavy (non-hydrogen) atoms. The molecule has 5 rings (SSSR count). The monoisotopic (exact) mass is 404 g/mol. The number of carbonyl (C=O) groups is 1. The summed E-state index contributed by atoms with van der Waals surface area (Å²) in [4.78, 5) is 24.6. The van der Waals surface area contributed by atoms with E-state index in [4.69, 9.17) is 20.2 Å². The van der Waals surface area contributed by atoms with E-state index in [1.54, 1.807) is 0 Å². The van der Waals surface area contributed by atoms with Crippen LogP contribution in [0.15, 0.2) is 42.5 Å². The number of ether oxygens (including phenoxy) is 2. The molecule has 0 saturated heterocycles. The van der Waals surface area contributed by atoms with Crippen molar-refractivity contribution in [1.29, 1.82) is 0 Å². The van der Waals surface area contributed by atoms with Crippen molar-refractivity contribution in [3.05, 3.63) is 59.7 Å². The molecule has 7 heteroatoms. The van der Waals surface area contributed by atoms with Crippen LogP contribution in [0.5, 0.6) is 11.5 Å². The van der Waals surface area contributed by atoms with Crippen LogP contribution in [0.3, 0.4) is 0 Å². The van der Waals surface area contributed by atoms with E-state index >= 15 is 0 Å². The number of hydrogen-bond donors (Lipinski definition) is 2. The van der Waals surface area contributed by atoms with Gasteiger partial charge in [-0.15, -0.1) is 0 Å². The molecule has 0 atom stereocenters. The number of aryl methyl sites for hydroxylation is 1. The molecule has 1 aliphatic heterocycles. The number of amides is 1. The molecule has 0 spiro atoms. The first-order valence-corrected chi connectivity index (χ1v) is 10.3. The largest absolute Gasteiger partial charge is 0.445 e. The van der Waals surface area contributed by atoms with Crippen LogP contribution in [0.25, 0.3) is 11.4 Å². The average molecular weight is 404 g/mol. The number of benzene rings is 1. The summed E-state index contributed by atoms with van der Waals surface area (Å²) in [5.41, 5.74) is 8.72. The smallest absolute Gasteiger partial charge is 0.287 e. The number of rotatable bonds is 4. The van der Waals surface area contributed by atoms with Gasteiger partial charge < -0.3 is 20.2 Å². The van der Waals surface area contributed by atoms with Crippen molar-refractivity contribution in [3.63, 3.8) is 0 Å². The van der Waals surface area contributed by atoms with E-state index in [2.05, 4.69) is 9.97 Å². The second-order valence-electron chi connectivity index (χ2n) is 8.01. The van der Waals surface area contributed by atoms with Crippen LogP contribution in [0.2, 0.25) is 0 Å². The molecular formula is C23H24N4O3. The average Bonchev–Trinajstić information content (AvgIpc) is 3.38. The fraction of sp³-hybridized carbons (Fsp3) is 0.348. The molecule has 1 amide bonds. The van der Waals surface area contributed by atoms with Crippen LogP contribution in [0, 0.1) is 12.8 Å². The number of primary amides is 1. The Morgan fingerprint density at radius 3 is 2.33 bits per heavy atom. The molecule has 3 N–H and O–H groups in total. The number of para-hydroxylation sites is 2. The number of nitrogens with two attached hydrogens (primary N) is 1. The Labute approximate surface area is 174 Å². The minimum absolute atomic E-state index is 0.0374. The molecule has 7 nitrogen and oxygen atoms in total. The van der Waals surface area contributed by atoms with Crippen molar-refractivity contribution >= 4 is 5.91 Å². The van der Waals surface area contributed by atoms with Gasteiger partial charge in [0, 0.05) is 17.5 Å². The van der Waals surface area contributed by atoms with Gasteiger partial charge in [-0.25, -0.2) is 4.98 Å². The van der Waals surface area contributed by atoms with E-state index in [1.807, 2.05) is 49.4 Å². The minimum Gasteiger partial charge on any atom is -0.445 e. The van der Waals surface area contributed by atoms with Gasteiger partial charge in [-0.1, -0.05) is 18.2 Å². The fourth-order valence-corrected chi connectivity index (χ4v) is 4.31. The molecule has 3 aromatic rings. The lowest BCUT2D eigenvalue weighted by Gasteiger charge is -2.25. The Hall–Kier alpha value is -3.35. The summed E-state index contributed by atoms with van der Waals surface area (Å²) < 4.78 is 12.1. The number of imidazole rings is 1. The number of H-pyrrole nitrogens is 1. The van der Waals surface area contributed by atoms with Gasteiger partial charge in [-0.2, -0.15) is 0 Å². The lowest BCUT2D eigenvalue weighted by Crippen LogP contribution is -2.27. The first-order valence-electron chi connectivity index (χ1n) is 10.3. The number of carbonyl (C=O) groups excluding carboxylic acids is 1. The number of aromatic nitrogens is 3. The Kier molecular flexibility index (Phi) is 4.65. The molecule has 1 fully saturated rings. The Morgan fingerprint density at radius 2 is 1.70 bits per heavy atom. The zero-order valence-electron chi connectivity index (χ0n) is 16.8. The number of nitrogens with one attached hydrogen (secondary N) is 1. The van der Waals surface area contributed by atoms with Crippen LogP contribution in [0.1, 0.15) is 55.1 Å². The van der Waals surface area contributed by atoms with E-state index in [0.29, 0.717) is 17.2 Å². The standard InChI is InChI=1S/C23H24N4O3/c1-13-5-4-6-16(25-13)19-20(23-29-17-7-2-3-8-18(17)30-23)27-22(26-19)15-11-9-14(10-12-15)21(24)28/h2-8,14-15,23H,9-12H2,1H3,(H2,24,28)(H,26,27). The first kappa shape index (κ1) is 18.7. The first-order chi connectivity index (χ1) is 14.6. The number of fused-ring (bicyclic) bond motifs is 1. The van der Waals surface area contributed by atoms with E-state index in [0.717, 1.165) is 48.6 Å². The molecule has 0 unspecified atom stereocenters. The summed E-state index contributed by atoms with van der Waals surface area (Å²) in [5, 5.41) is 0. The lowest BCUT2D eigenvalue weighted by molar-refractivity contribution is -0.122. The molecule has 2 aliphatic rings. The van der Waals surface area contributed by atoms with E-state index in [-0.39, 0.29) is 17.7 Å². The molecule has 1 aromatic carbocycles. The molecule has 2 aromatic heterocycles. The Bertz CT molecular complexity index is 1060. The normalized spacial score (nSPS) is 21.0. The Morgan fingerprint density at radius 1 is 1.00 bits per heavy atom. The van der Waals surface area contributed by atoms with Gasteiger partial charge in [0.1, 0.15) is 11.5 Å². The third-order valence-corrected chi connectivity index (χ3v) is 5.95. The predicted octanol–water partition coefficient (Wildman–Crippen LogP) is 4.01. The van der Waals surface area contributed by atoms with Gasteiger partial charge in [0.2, 0.25) is 5.91 Å². The maximum atomic E-state index is 11.5. The minimum atomic E-state index is -0.633. The van der Waals surface area contributed by atoms with Crippen LogP contribution < -0.4 is 15.2 Å². The summed E-state index contributed by atoms with van der Waals surface area (Å²) in [6, 6.07) is 13.5. The third kappa shape index (κ3) is 3.40. The van der Waals surface area contributed by atoms with Gasteiger partial charge in [-0.3, -0.25) is 9.78 Å². The van der Waals surface area contributed by atoms with Crippen molar-refractivity contribution < 1.29 is 14.3 Å². The maximum absolute atomic E-state index is 11.5. The second-order valence-corrected chi connectivity index (χ2v) is 8.01. The SMILES string of the molecule is Cc1cccc(-c2[nH]c(C3CCC(C(N)=O)CC3)nc2C2Oc3ccccc3O2)n1. The number of pyridine rings is 1. The molecule has 0 radical (unpaired) electrons. The van der Waals surface area contributed by atoms with Crippen molar-refractivity contribution in [2.24, 2.45) is 11.7 Å². The summed E-state index contributed by atoms with van der Waals surface area (Å²) >= 11 is 0. The summed E-state index contributed by atoms with van der Waals surface area (Å²) in [7, 11) is 0. The van der Waals surface area contributed by atoms with Gasteiger partial charge in [0.05, 0.1) is 11.4 Å². The third-order valence-electron chi connectivity index (χ3n) is 5.95. The summed E-state index contributed by atoms with van der Waals surface area (Å²) in [6.07, 6.45) is 2.68. The number of nitrogens with zero attached hydrogens (tertiary/aromatic N) is 2. The number of hydrogen-bond acceptors (Lipinski definition) is 5. The predicted molar refractivity (Wildman–Crippen MR) is 111 cm³/mol. The highest BCUT2D eigenvalue weighted by molar-refractivity contribution is 5.76. The van der Waals surface area contributed by atoms with Crippen LogP contribution in [-0.4, -0.2) is 20.9 Å². The molecular weight excluding hydrogens is 380 g/mol. The van der Waals surface area contributed by atoms with Crippen molar-refractivity contribution in [2.45, 2.75) is 44.8 Å². The van der Waals surface area contributed by atoms with Crippen molar-refractivity contribution in [2.75, 3.05) is 0 Å². The fourth-order valence-electron chi connectivity index (χ4n) is 4.31. The highest BCUT2D eigenvalue weighted by atomic mass is 16.7. The molecule has 3 heterocycles. The Balaban J connectivity index is 1.49. The quantitative estimate of drug-likeness (QED) is 0.684. The van der Waals surface area contributed by atoms with E-state index in [9.17, 15) is 4.79 Å². The molecule has 154 valence electrons. The molecule has 1 aliphatic carbocycles. The van der Waals surface area contributed by atoms with E-state index < -0.39 is 6.29 Å². The van der Waals surface area contributed by atoms with Crippen LogP contribution >= 0.6 is 0 Å². The van der Waals surface area contributed by atoms with Crippen LogP contribution in [0.4, 0.5) is 0 Å². The number of aromatic amines is 1. The van der Waals surface area contributed by atoms with Gasteiger partial charge >= 0.3 is 0 Å². The maximum Gasteiger partial charge on any atom is 0.287 e. The highest BCUT2D eigenvalue weighted by Crippen LogP contribution is 2.43. The van der Waals surface area contributed by atoms with Crippen molar-refractivity contribution in [1.82, 2.24) is 15.0 Å². The van der Waals surface area contributed by atoms with Crippen molar-refractivity contribution in [3.8, 4) is 22.9 Å². The zero-order valence-corrected chi connectivity index (χ0v) is 16.8. The second kappa shape index (κ2) is 7.48. The van der Waals surface area contributed by atoms with Gasteiger partial charge in [0.15, 0.2) is 11.5 Å². The lowest BCUT2D eigenvalue weighted by atomic mass is 9.81. The zero-order chi connectivity index (χ0) is 20.7. The van der Waals surface area contributed by atoms with Crippen LogP contribution in [-0.2, 0) is 4.79 Å². The highest BCUT2D eigenvalue weighted by Gasteiger charge is 2.34. The van der Waals surface area contributed by atoms with Gasteiger partial charge in [0.25, 0.3) is 6.29 Å². The molecule has 1 saturated carbocycles.